The van der Waals surface area contributed by atoms with E-state index in [9.17, 15) is 8.42 Å². The van der Waals surface area contributed by atoms with Gasteiger partial charge in [-0.3, -0.25) is 0 Å². The second kappa shape index (κ2) is 6.94. The van der Waals surface area contributed by atoms with Crippen LogP contribution >= 0.6 is 0 Å². The normalized spacial score (nSPS) is 28.0. The first-order valence-corrected chi connectivity index (χ1v) is 9.74. The fraction of sp³-hybridized carbons (Fsp3) is 1.00. The Morgan fingerprint density at radius 1 is 1.24 bits per heavy atom. The molecule has 1 atom stereocenters. The van der Waals surface area contributed by atoms with E-state index in [4.69, 9.17) is 0 Å². The molecular formula is C15H31N3O2S. The van der Waals surface area contributed by atoms with Gasteiger partial charge in [-0.15, -0.1) is 0 Å². The Kier molecular flexibility index (Phi) is 5.68. The van der Waals surface area contributed by atoms with Crippen molar-refractivity contribution in [1.82, 2.24) is 13.9 Å². The standard InChI is InChI=1S/C15H31N3O2S/c1-4-9-16-12-14-7-5-6-10-18(14)21(19,20)17-11-8-15(2,3)13-17/h14,16H,4-13H2,1-3H3. The molecule has 0 aromatic heterocycles. The van der Waals surface area contributed by atoms with E-state index in [0.717, 1.165) is 45.2 Å². The topological polar surface area (TPSA) is 52.7 Å². The summed E-state index contributed by atoms with van der Waals surface area (Å²) in [5, 5.41) is 3.39. The van der Waals surface area contributed by atoms with Gasteiger partial charge in [-0.2, -0.15) is 17.0 Å². The molecule has 0 saturated carbocycles. The van der Waals surface area contributed by atoms with Crippen LogP contribution in [0.4, 0.5) is 0 Å². The van der Waals surface area contributed by atoms with Gasteiger partial charge < -0.3 is 5.32 Å². The van der Waals surface area contributed by atoms with Crippen molar-refractivity contribution in [3.8, 4) is 0 Å². The van der Waals surface area contributed by atoms with Crippen molar-refractivity contribution in [2.24, 2.45) is 5.41 Å². The summed E-state index contributed by atoms with van der Waals surface area (Å²) in [4.78, 5) is 0. The van der Waals surface area contributed by atoms with E-state index in [1.165, 1.54) is 0 Å². The first-order valence-electron chi connectivity index (χ1n) is 8.34. The van der Waals surface area contributed by atoms with Gasteiger partial charge in [0.1, 0.15) is 0 Å². The molecule has 6 heteroatoms. The van der Waals surface area contributed by atoms with Crippen LogP contribution in [0.5, 0.6) is 0 Å². The first-order chi connectivity index (χ1) is 9.87. The number of nitrogens with zero attached hydrogens (tertiary/aromatic N) is 2. The van der Waals surface area contributed by atoms with Crippen LogP contribution in [-0.2, 0) is 10.2 Å². The Hall–Kier alpha value is -0.170. The third kappa shape index (κ3) is 4.18. The Balaban J connectivity index is 2.05. The summed E-state index contributed by atoms with van der Waals surface area (Å²) < 4.78 is 29.3. The highest BCUT2D eigenvalue weighted by Crippen LogP contribution is 2.33. The summed E-state index contributed by atoms with van der Waals surface area (Å²) in [7, 11) is -3.29. The molecule has 2 saturated heterocycles. The lowest BCUT2D eigenvalue weighted by molar-refractivity contribution is 0.228. The maximum absolute atomic E-state index is 12.9. The van der Waals surface area contributed by atoms with E-state index in [1.807, 2.05) is 0 Å². The molecule has 2 rings (SSSR count). The average Bonchev–Trinajstić information content (AvgIpc) is 2.80. The summed E-state index contributed by atoms with van der Waals surface area (Å²) in [6, 6.07) is 0.124. The smallest absolute Gasteiger partial charge is 0.282 e. The van der Waals surface area contributed by atoms with Crippen LogP contribution in [0, 0.1) is 5.41 Å². The van der Waals surface area contributed by atoms with Gasteiger partial charge in [0.25, 0.3) is 10.2 Å². The molecule has 1 N–H and O–H groups in total. The predicted molar refractivity (Wildman–Crippen MR) is 86.4 cm³/mol. The van der Waals surface area contributed by atoms with E-state index < -0.39 is 10.2 Å². The van der Waals surface area contributed by atoms with Crippen LogP contribution in [-0.4, -0.2) is 55.8 Å². The first kappa shape index (κ1) is 17.2. The summed E-state index contributed by atoms with van der Waals surface area (Å²) in [5.41, 5.74) is 0.110. The molecule has 2 fully saturated rings. The quantitative estimate of drug-likeness (QED) is 0.760. The minimum Gasteiger partial charge on any atom is -0.315 e. The van der Waals surface area contributed by atoms with Crippen LogP contribution in [0.3, 0.4) is 0 Å². The largest absolute Gasteiger partial charge is 0.315 e. The second-order valence-electron chi connectivity index (χ2n) is 7.22. The summed E-state index contributed by atoms with van der Waals surface area (Å²) in [6.45, 7) is 10.2. The minimum atomic E-state index is -3.29. The summed E-state index contributed by atoms with van der Waals surface area (Å²) in [5.74, 6) is 0. The summed E-state index contributed by atoms with van der Waals surface area (Å²) >= 11 is 0. The molecule has 0 aromatic rings. The molecule has 0 radical (unpaired) electrons. The maximum atomic E-state index is 12.9. The molecule has 124 valence electrons. The zero-order valence-electron chi connectivity index (χ0n) is 13.8. The van der Waals surface area contributed by atoms with Crippen LogP contribution in [0.25, 0.3) is 0 Å². The third-order valence-electron chi connectivity index (χ3n) is 4.64. The van der Waals surface area contributed by atoms with Crippen molar-refractivity contribution in [1.29, 1.82) is 0 Å². The molecule has 0 amide bonds. The van der Waals surface area contributed by atoms with Crippen molar-refractivity contribution in [2.75, 3.05) is 32.7 Å². The van der Waals surface area contributed by atoms with E-state index in [2.05, 4.69) is 26.1 Å². The molecule has 2 aliphatic rings. The molecule has 0 spiro atoms. The molecule has 21 heavy (non-hydrogen) atoms. The highest BCUT2D eigenvalue weighted by molar-refractivity contribution is 7.86. The van der Waals surface area contributed by atoms with E-state index in [1.54, 1.807) is 8.61 Å². The third-order valence-corrected chi connectivity index (χ3v) is 6.68. The Labute approximate surface area is 130 Å². The van der Waals surface area contributed by atoms with E-state index >= 15 is 0 Å². The zero-order valence-corrected chi connectivity index (χ0v) is 14.6. The molecule has 0 aromatic carbocycles. The number of rotatable bonds is 6. The van der Waals surface area contributed by atoms with Gasteiger partial charge in [-0.1, -0.05) is 27.2 Å². The molecular weight excluding hydrogens is 286 g/mol. The predicted octanol–water partition coefficient (Wildman–Crippen LogP) is 1.82. The van der Waals surface area contributed by atoms with Crippen LogP contribution < -0.4 is 5.32 Å². The Bertz CT molecular complexity index is 436. The average molecular weight is 317 g/mol. The Morgan fingerprint density at radius 3 is 2.62 bits per heavy atom. The van der Waals surface area contributed by atoms with E-state index in [-0.39, 0.29) is 11.5 Å². The van der Waals surface area contributed by atoms with Crippen LogP contribution in [0.15, 0.2) is 0 Å². The highest BCUT2D eigenvalue weighted by Gasteiger charge is 2.41. The number of piperidine rings is 1. The van der Waals surface area contributed by atoms with Gasteiger partial charge in [0.15, 0.2) is 0 Å². The zero-order chi connectivity index (χ0) is 15.5. The number of hydrogen-bond acceptors (Lipinski definition) is 3. The lowest BCUT2D eigenvalue weighted by Gasteiger charge is -2.37. The van der Waals surface area contributed by atoms with Gasteiger partial charge in [0, 0.05) is 32.2 Å². The van der Waals surface area contributed by atoms with E-state index in [0.29, 0.717) is 19.6 Å². The molecule has 2 heterocycles. The van der Waals surface area contributed by atoms with Crippen LogP contribution in [0.1, 0.15) is 52.9 Å². The second-order valence-corrected chi connectivity index (χ2v) is 9.10. The molecule has 1 unspecified atom stereocenters. The van der Waals surface area contributed by atoms with Crippen LogP contribution in [0.2, 0.25) is 0 Å². The number of nitrogens with one attached hydrogen (secondary N) is 1. The van der Waals surface area contributed by atoms with Gasteiger partial charge in [-0.05, 0) is 37.6 Å². The van der Waals surface area contributed by atoms with Crippen molar-refractivity contribution < 1.29 is 8.42 Å². The minimum absolute atomic E-state index is 0.110. The molecule has 0 aliphatic carbocycles. The van der Waals surface area contributed by atoms with Crippen molar-refractivity contribution >= 4 is 10.2 Å². The van der Waals surface area contributed by atoms with Crippen molar-refractivity contribution in [2.45, 2.75) is 58.9 Å². The highest BCUT2D eigenvalue weighted by atomic mass is 32.2. The molecule has 0 bridgehead atoms. The summed E-state index contributed by atoms with van der Waals surface area (Å²) in [6.07, 6.45) is 5.14. The monoisotopic (exact) mass is 317 g/mol. The van der Waals surface area contributed by atoms with Gasteiger partial charge in [0.2, 0.25) is 0 Å². The SMILES string of the molecule is CCCNCC1CCCCN1S(=O)(=O)N1CCC(C)(C)C1. The van der Waals surface area contributed by atoms with Crippen molar-refractivity contribution in [3.05, 3.63) is 0 Å². The van der Waals surface area contributed by atoms with Gasteiger partial charge >= 0.3 is 0 Å². The number of hydrogen-bond donors (Lipinski definition) is 1. The van der Waals surface area contributed by atoms with Crippen molar-refractivity contribution in [3.63, 3.8) is 0 Å². The lowest BCUT2D eigenvalue weighted by Crippen LogP contribution is -2.53. The Morgan fingerprint density at radius 2 is 2.00 bits per heavy atom. The lowest BCUT2D eigenvalue weighted by atomic mass is 9.93. The fourth-order valence-corrected chi connectivity index (χ4v) is 5.38. The maximum Gasteiger partial charge on any atom is 0.282 e. The fourth-order valence-electron chi connectivity index (χ4n) is 3.34. The molecule has 5 nitrogen and oxygen atoms in total. The van der Waals surface area contributed by atoms with Gasteiger partial charge in [-0.25, -0.2) is 0 Å². The van der Waals surface area contributed by atoms with Gasteiger partial charge in [0.05, 0.1) is 0 Å². The molecule has 2 aliphatic heterocycles.